The molecule has 0 amide bonds. The van der Waals surface area contributed by atoms with E-state index in [1.807, 2.05) is 48.7 Å². The van der Waals surface area contributed by atoms with Gasteiger partial charge in [-0.1, -0.05) is 48.5 Å². The Hall–Kier alpha value is -3.28. The van der Waals surface area contributed by atoms with Crippen molar-refractivity contribution in [2.24, 2.45) is 4.99 Å². The summed E-state index contributed by atoms with van der Waals surface area (Å²) in [6.07, 6.45) is 1.84. The second-order valence-corrected chi connectivity index (χ2v) is 5.70. The van der Waals surface area contributed by atoms with Crippen LogP contribution >= 0.6 is 0 Å². The predicted octanol–water partition coefficient (Wildman–Crippen LogP) is 2.95. The maximum absolute atomic E-state index is 5.37. The number of methoxy groups -OCH3 is 1. The summed E-state index contributed by atoms with van der Waals surface area (Å²) in [5, 5.41) is 6.55. The topological polar surface area (TPSA) is 74.3 Å². The normalized spacial score (nSPS) is 11.2. The van der Waals surface area contributed by atoms with Crippen LogP contribution in [0.2, 0.25) is 0 Å². The highest BCUT2D eigenvalue weighted by Gasteiger charge is 2.06. The van der Waals surface area contributed by atoms with Gasteiger partial charge >= 0.3 is 0 Å². The number of hydrogen-bond donors (Lipinski definition) is 3. The smallest absolute Gasteiger partial charge is 0.191 e. The third-order valence-corrected chi connectivity index (χ3v) is 4.00. The largest absolute Gasteiger partial charge is 0.496 e. The summed E-state index contributed by atoms with van der Waals surface area (Å²) in [7, 11) is 3.42. The minimum Gasteiger partial charge on any atom is -0.496 e. The van der Waals surface area contributed by atoms with Crippen LogP contribution in [0, 0.1) is 0 Å². The highest BCUT2D eigenvalue weighted by molar-refractivity contribution is 5.79. The van der Waals surface area contributed by atoms with Crippen molar-refractivity contribution < 1.29 is 4.74 Å². The number of guanidine groups is 1. The Balaban J connectivity index is 1.55. The van der Waals surface area contributed by atoms with Crippen LogP contribution in [0.3, 0.4) is 0 Å². The van der Waals surface area contributed by atoms with Gasteiger partial charge in [-0.3, -0.25) is 4.99 Å². The number of nitrogens with one attached hydrogen (secondary N) is 3. The molecule has 0 saturated heterocycles. The minimum absolute atomic E-state index is 0.554. The van der Waals surface area contributed by atoms with Crippen LogP contribution in [0.15, 0.2) is 65.8 Å². The average molecular weight is 349 g/mol. The number of aromatic nitrogens is 2. The zero-order valence-electron chi connectivity index (χ0n) is 15.0. The van der Waals surface area contributed by atoms with Crippen LogP contribution in [-0.4, -0.2) is 30.1 Å². The first-order valence-electron chi connectivity index (χ1n) is 8.46. The average Bonchev–Trinajstić information content (AvgIpc) is 3.18. The quantitative estimate of drug-likeness (QED) is 0.472. The summed E-state index contributed by atoms with van der Waals surface area (Å²) < 4.78 is 5.37. The Bertz CT molecular complexity index is 857. The molecule has 0 saturated carbocycles. The van der Waals surface area contributed by atoms with Crippen molar-refractivity contribution in [3.05, 3.63) is 72.2 Å². The fourth-order valence-electron chi connectivity index (χ4n) is 2.63. The lowest BCUT2D eigenvalue weighted by Crippen LogP contribution is -2.36. The first-order valence-corrected chi connectivity index (χ1v) is 8.46. The summed E-state index contributed by atoms with van der Waals surface area (Å²) in [4.78, 5) is 12.0. The number of nitrogens with zero attached hydrogens (tertiary/aromatic N) is 2. The van der Waals surface area contributed by atoms with E-state index < -0.39 is 0 Å². The molecule has 1 heterocycles. The Morgan fingerprint density at radius 2 is 1.77 bits per heavy atom. The van der Waals surface area contributed by atoms with E-state index in [9.17, 15) is 0 Å². The number of aromatic amines is 1. The van der Waals surface area contributed by atoms with Gasteiger partial charge in [-0.25, -0.2) is 4.98 Å². The van der Waals surface area contributed by atoms with Gasteiger partial charge in [-0.15, -0.1) is 0 Å². The van der Waals surface area contributed by atoms with Crippen molar-refractivity contribution in [1.82, 2.24) is 20.6 Å². The summed E-state index contributed by atoms with van der Waals surface area (Å²) in [5.74, 6) is 2.41. The van der Waals surface area contributed by atoms with Gasteiger partial charge in [-0.05, 0) is 11.6 Å². The van der Waals surface area contributed by atoms with Gasteiger partial charge < -0.3 is 20.4 Å². The Morgan fingerprint density at radius 1 is 1.04 bits per heavy atom. The molecule has 0 spiro atoms. The van der Waals surface area contributed by atoms with Crippen LogP contribution in [0.25, 0.3) is 11.3 Å². The first-order chi connectivity index (χ1) is 12.8. The van der Waals surface area contributed by atoms with Gasteiger partial charge in [0.05, 0.1) is 25.5 Å². The summed E-state index contributed by atoms with van der Waals surface area (Å²) in [5.41, 5.74) is 3.19. The molecule has 3 aromatic rings. The first kappa shape index (κ1) is 17.5. The number of imidazole rings is 1. The maximum Gasteiger partial charge on any atom is 0.191 e. The van der Waals surface area contributed by atoms with E-state index >= 15 is 0 Å². The van der Waals surface area contributed by atoms with Gasteiger partial charge in [0.2, 0.25) is 0 Å². The molecule has 26 heavy (non-hydrogen) atoms. The van der Waals surface area contributed by atoms with Gasteiger partial charge in [-0.2, -0.15) is 0 Å². The van der Waals surface area contributed by atoms with E-state index in [0.29, 0.717) is 19.0 Å². The summed E-state index contributed by atoms with van der Waals surface area (Å²) in [6, 6.07) is 18.0. The van der Waals surface area contributed by atoms with Crippen LogP contribution in [0.4, 0.5) is 0 Å². The molecule has 0 aliphatic carbocycles. The lowest BCUT2D eigenvalue weighted by molar-refractivity contribution is 0.409. The molecule has 0 radical (unpaired) electrons. The van der Waals surface area contributed by atoms with Crippen molar-refractivity contribution in [3.8, 4) is 17.0 Å². The van der Waals surface area contributed by atoms with Crippen LogP contribution < -0.4 is 15.4 Å². The monoisotopic (exact) mass is 349 g/mol. The van der Waals surface area contributed by atoms with Crippen LogP contribution in [0.1, 0.15) is 11.4 Å². The maximum atomic E-state index is 5.37. The van der Waals surface area contributed by atoms with E-state index in [4.69, 9.17) is 4.74 Å². The highest BCUT2D eigenvalue weighted by Crippen LogP contribution is 2.17. The Labute approximate surface area is 153 Å². The number of hydrogen-bond acceptors (Lipinski definition) is 3. The standard InChI is InChI=1S/C20H23N5O/c1-21-20(23-12-16-10-6-7-11-18(16)26-2)24-14-19-22-13-17(25-19)15-8-4-3-5-9-15/h3-11,13H,12,14H2,1-2H3,(H,22,25)(H2,21,23,24). The molecule has 6 heteroatoms. The fourth-order valence-corrected chi connectivity index (χ4v) is 2.63. The highest BCUT2D eigenvalue weighted by atomic mass is 16.5. The molecule has 0 unspecified atom stereocenters. The van der Waals surface area contributed by atoms with E-state index in [1.165, 1.54) is 0 Å². The number of ether oxygens (including phenoxy) is 1. The molecule has 1 aromatic heterocycles. The molecular weight excluding hydrogens is 326 g/mol. The second-order valence-electron chi connectivity index (χ2n) is 5.70. The fraction of sp³-hybridized carbons (Fsp3) is 0.200. The van der Waals surface area contributed by atoms with E-state index in [-0.39, 0.29) is 0 Å². The lowest BCUT2D eigenvalue weighted by Gasteiger charge is -2.13. The van der Waals surface area contributed by atoms with Gasteiger partial charge in [0.1, 0.15) is 11.6 Å². The van der Waals surface area contributed by atoms with E-state index in [0.717, 1.165) is 28.4 Å². The van der Waals surface area contributed by atoms with Crippen molar-refractivity contribution in [2.45, 2.75) is 13.1 Å². The number of benzene rings is 2. The molecule has 0 aliphatic rings. The summed E-state index contributed by atoms with van der Waals surface area (Å²) in [6.45, 7) is 1.18. The molecule has 2 aromatic carbocycles. The zero-order valence-corrected chi connectivity index (χ0v) is 15.0. The van der Waals surface area contributed by atoms with Gasteiger partial charge in [0, 0.05) is 19.2 Å². The minimum atomic E-state index is 0.554. The second kappa shape index (κ2) is 8.71. The van der Waals surface area contributed by atoms with E-state index in [1.54, 1.807) is 14.2 Å². The van der Waals surface area contributed by atoms with Crippen molar-refractivity contribution in [2.75, 3.05) is 14.2 Å². The number of rotatable bonds is 6. The third kappa shape index (κ3) is 4.42. The number of aliphatic imine (C=N–C) groups is 1. The lowest BCUT2D eigenvalue weighted by atomic mass is 10.2. The molecule has 0 fully saturated rings. The molecular formula is C20H23N5O. The van der Waals surface area contributed by atoms with Crippen LogP contribution in [0.5, 0.6) is 5.75 Å². The van der Waals surface area contributed by atoms with Crippen molar-refractivity contribution in [3.63, 3.8) is 0 Å². The Kier molecular flexibility index (Phi) is 5.88. The molecule has 3 rings (SSSR count). The van der Waals surface area contributed by atoms with Crippen molar-refractivity contribution in [1.29, 1.82) is 0 Å². The molecule has 6 nitrogen and oxygen atoms in total. The van der Waals surface area contributed by atoms with Crippen LogP contribution in [-0.2, 0) is 13.1 Å². The number of H-pyrrole nitrogens is 1. The van der Waals surface area contributed by atoms with E-state index in [2.05, 4.69) is 37.7 Å². The molecule has 134 valence electrons. The molecule has 3 N–H and O–H groups in total. The number of para-hydroxylation sites is 1. The SMILES string of the molecule is CN=C(NCc1ncc(-c2ccccc2)[nH]1)NCc1ccccc1OC. The molecule has 0 aliphatic heterocycles. The zero-order chi connectivity index (χ0) is 18.2. The molecule has 0 bridgehead atoms. The third-order valence-electron chi connectivity index (χ3n) is 4.00. The van der Waals surface area contributed by atoms with Gasteiger partial charge in [0.15, 0.2) is 5.96 Å². The van der Waals surface area contributed by atoms with Gasteiger partial charge in [0.25, 0.3) is 0 Å². The Morgan fingerprint density at radius 3 is 2.54 bits per heavy atom. The molecule has 0 atom stereocenters. The summed E-state index contributed by atoms with van der Waals surface area (Å²) >= 11 is 0. The van der Waals surface area contributed by atoms with Crippen molar-refractivity contribution >= 4 is 5.96 Å². The predicted molar refractivity (Wildman–Crippen MR) is 104 cm³/mol.